The van der Waals surface area contributed by atoms with Crippen molar-refractivity contribution >= 4 is 5.91 Å². The summed E-state index contributed by atoms with van der Waals surface area (Å²) in [5, 5.41) is 8.63. The summed E-state index contributed by atoms with van der Waals surface area (Å²) in [7, 11) is 0. The number of hydrogen-bond acceptors (Lipinski definition) is 3. The average molecular weight is 270 g/mol. The fourth-order valence-corrected chi connectivity index (χ4v) is 1.66. The molecule has 1 amide bonds. The van der Waals surface area contributed by atoms with Crippen LogP contribution in [0.2, 0.25) is 0 Å². The summed E-state index contributed by atoms with van der Waals surface area (Å²) in [4.78, 5) is 11.0. The first-order chi connectivity index (χ1) is 9.60. The minimum atomic E-state index is -0.629. The number of ether oxygens (including phenoxy) is 1. The zero-order valence-electron chi connectivity index (χ0n) is 10.5. The molecule has 2 N–H and O–H groups in total. The number of carbonyl (C=O) groups is 1. The van der Waals surface area contributed by atoms with Crippen molar-refractivity contribution in [1.82, 2.24) is 0 Å². The van der Waals surface area contributed by atoms with E-state index in [1.54, 1.807) is 30.3 Å². The molecule has 5 heteroatoms. The molecule has 4 nitrogen and oxygen atoms in total. The minimum absolute atomic E-state index is 0.0342. The fourth-order valence-electron chi connectivity index (χ4n) is 1.66. The molecule has 0 fully saturated rings. The fraction of sp³-hybridized carbons (Fsp3) is 0.0667. The number of nitrogens with zero attached hydrogens (tertiary/aromatic N) is 1. The first-order valence-corrected chi connectivity index (χ1v) is 5.81. The van der Waals surface area contributed by atoms with Crippen LogP contribution in [0.1, 0.15) is 21.5 Å². The molecule has 0 aliphatic heterocycles. The molecule has 0 saturated carbocycles. The Morgan fingerprint density at radius 2 is 2.10 bits per heavy atom. The van der Waals surface area contributed by atoms with E-state index >= 15 is 0 Å². The molecule has 100 valence electrons. The number of nitriles is 1. The van der Waals surface area contributed by atoms with Crippen molar-refractivity contribution in [2.45, 2.75) is 6.61 Å². The van der Waals surface area contributed by atoms with Gasteiger partial charge in [0.2, 0.25) is 5.91 Å². The molecule has 0 heterocycles. The molecule has 2 rings (SSSR count). The lowest BCUT2D eigenvalue weighted by Crippen LogP contribution is -2.11. The number of halogens is 1. The van der Waals surface area contributed by atoms with Gasteiger partial charge in [0.1, 0.15) is 24.2 Å². The third kappa shape index (κ3) is 3.12. The van der Waals surface area contributed by atoms with Gasteiger partial charge in [-0.15, -0.1) is 0 Å². The van der Waals surface area contributed by atoms with Crippen LogP contribution in [-0.4, -0.2) is 5.91 Å². The van der Waals surface area contributed by atoms with Crippen molar-refractivity contribution in [1.29, 1.82) is 5.26 Å². The number of rotatable bonds is 4. The van der Waals surface area contributed by atoms with Crippen LogP contribution in [0.25, 0.3) is 0 Å². The highest BCUT2D eigenvalue weighted by Crippen LogP contribution is 2.17. The summed E-state index contributed by atoms with van der Waals surface area (Å²) in [6.45, 7) is 0.173. The van der Waals surface area contributed by atoms with Crippen molar-refractivity contribution in [3.8, 4) is 11.8 Å². The van der Waals surface area contributed by atoms with Gasteiger partial charge in [-0.05, 0) is 29.8 Å². The van der Waals surface area contributed by atoms with E-state index in [1.807, 2.05) is 0 Å². The van der Waals surface area contributed by atoms with Crippen LogP contribution in [0.15, 0.2) is 42.5 Å². The van der Waals surface area contributed by atoms with Gasteiger partial charge in [0.05, 0.1) is 5.56 Å². The standard InChI is InChI=1S/C15H11FN2O2/c16-14-7-13(5-4-12(14)8-17)20-9-10-2-1-3-11(6-10)15(18)19/h1-7H,9H2,(H2,18,19). The second kappa shape index (κ2) is 5.85. The number of benzene rings is 2. The van der Waals surface area contributed by atoms with E-state index in [0.29, 0.717) is 11.3 Å². The number of hydrogen-bond donors (Lipinski definition) is 1. The highest BCUT2D eigenvalue weighted by Gasteiger charge is 2.05. The van der Waals surface area contributed by atoms with Crippen molar-refractivity contribution < 1.29 is 13.9 Å². The maximum Gasteiger partial charge on any atom is 0.248 e. The number of amides is 1. The Morgan fingerprint density at radius 3 is 2.75 bits per heavy atom. The summed E-state index contributed by atoms with van der Waals surface area (Å²) in [5.41, 5.74) is 6.28. The van der Waals surface area contributed by atoms with Crippen LogP contribution < -0.4 is 10.5 Å². The van der Waals surface area contributed by atoms with E-state index in [0.717, 1.165) is 11.6 Å². The van der Waals surface area contributed by atoms with E-state index in [9.17, 15) is 9.18 Å². The van der Waals surface area contributed by atoms with Crippen molar-refractivity contribution in [3.63, 3.8) is 0 Å². The lowest BCUT2D eigenvalue weighted by atomic mass is 10.1. The quantitative estimate of drug-likeness (QED) is 0.926. The maximum atomic E-state index is 13.4. The Morgan fingerprint density at radius 1 is 1.30 bits per heavy atom. The molecule has 2 aromatic carbocycles. The van der Waals surface area contributed by atoms with E-state index in [1.165, 1.54) is 12.1 Å². The zero-order chi connectivity index (χ0) is 14.5. The Hall–Kier alpha value is -2.87. The first-order valence-electron chi connectivity index (χ1n) is 5.81. The molecule has 0 bridgehead atoms. The third-order valence-electron chi connectivity index (χ3n) is 2.68. The Bertz CT molecular complexity index is 693. The van der Waals surface area contributed by atoms with Gasteiger partial charge in [-0.3, -0.25) is 4.79 Å². The first kappa shape index (κ1) is 13.6. The summed E-state index contributed by atoms with van der Waals surface area (Å²) in [6.07, 6.45) is 0. The highest BCUT2D eigenvalue weighted by molar-refractivity contribution is 5.92. The number of carbonyl (C=O) groups excluding carboxylic acids is 1. The summed E-state index contributed by atoms with van der Waals surface area (Å²) in [5.74, 6) is -0.835. The SMILES string of the molecule is N#Cc1ccc(OCc2cccc(C(N)=O)c2)cc1F. The van der Waals surface area contributed by atoms with Gasteiger partial charge in [0.25, 0.3) is 0 Å². The highest BCUT2D eigenvalue weighted by atomic mass is 19.1. The van der Waals surface area contributed by atoms with Crippen LogP contribution in [0, 0.1) is 17.1 Å². The maximum absolute atomic E-state index is 13.4. The minimum Gasteiger partial charge on any atom is -0.489 e. The Labute approximate surface area is 115 Å². The van der Waals surface area contributed by atoms with Gasteiger partial charge < -0.3 is 10.5 Å². The summed E-state index contributed by atoms with van der Waals surface area (Å²) in [6, 6.07) is 12.4. The van der Waals surface area contributed by atoms with Crippen LogP contribution in [-0.2, 0) is 6.61 Å². The molecule has 0 atom stereocenters. The lowest BCUT2D eigenvalue weighted by molar-refractivity contribution is 0.1000. The van der Waals surface area contributed by atoms with Crippen LogP contribution in [0.5, 0.6) is 5.75 Å². The molecule has 0 saturated heterocycles. The smallest absolute Gasteiger partial charge is 0.248 e. The van der Waals surface area contributed by atoms with Gasteiger partial charge in [-0.1, -0.05) is 12.1 Å². The number of primary amides is 1. The van der Waals surface area contributed by atoms with E-state index in [-0.39, 0.29) is 12.2 Å². The normalized spacial score (nSPS) is 9.80. The molecule has 0 spiro atoms. The summed E-state index contributed by atoms with van der Waals surface area (Å²) < 4.78 is 18.8. The Balaban J connectivity index is 2.09. The average Bonchev–Trinajstić information content (AvgIpc) is 2.45. The molecule has 0 radical (unpaired) electrons. The second-order valence-electron chi connectivity index (χ2n) is 4.11. The molecule has 20 heavy (non-hydrogen) atoms. The van der Waals surface area contributed by atoms with Crippen LogP contribution >= 0.6 is 0 Å². The number of nitrogens with two attached hydrogens (primary N) is 1. The van der Waals surface area contributed by atoms with Crippen LogP contribution in [0.4, 0.5) is 4.39 Å². The van der Waals surface area contributed by atoms with Crippen LogP contribution in [0.3, 0.4) is 0 Å². The van der Waals surface area contributed by atoms with E-state index < -0.39 is 11.7 Å². The van der Waals surface area contributed by atoms with Gasteiger partial charge in [0.15, 0.2) is 0 Å². The predicted molar refractivity (Wildman–Crippen MR) is 70.4 cm³/mol. The third-order valence-corrected chi connectivity index (χ3v) is 2.68. The largest absolute Gasteiger partial charge is 0.489 e. The van der Waals surface area contributed by atoms with Crippen molar-refractivity contribution in [3.05, 3.63) is 65.0 Å². The molecular weight excluding hydrogens is 259 g/mol. The van der Waals surface area contributed by atoms with Gasteiger partial charge in [-0.25, -0.2) is 4.39 Å². The molecule has 2 aromatic rings. The monoisotopic (exact) mass is 270 g/mol. The van der Waals surface area contributed by atoms with E-state index in [4.69, 9.17) is 15.7 Å². The Kier molecular flexibility index (Phi) is 3.96. The second-order valence-corrected chi connectivity index (χ2v) is 4.11. The lowest BCUT2D eigenvalue weighted by Gasteiger charge is -2.07. The van der Waals surface area contributed by atoms with E-state index in [2.05, 4.69) is 0 Å². The topological polar surface area (TPSA) is 76.1 Å². The van der Waals surface area contributed by atoms with Gasteiger partial charge in [-0.2, -0.15) is 5.26 Å². The van der Waals surface area contributed by atoms with Crippen molar-refractivity contribution in [2.75, 3.05) is 0 Å². The predicted octanol–water partition coefficient (Wildman–Crippen LogP) is 2.38. The molecule has 0 aliphatic rings. The van der Waals surface area contributed by atoms with Crippen molar-refractivity contribution in [2.24, 2.45) is 5.73 Å². The summed E-state index contributed by atoms with van der Waals surface area (Å²) >= 11 is 0. The molecule has 0 aromatic heterocycles. The van der Waals surface area contributed by atoms with Gasteiger partial charge >= 0.3 is 0 Å². The zero-order valence-corrected chi connectivity index (χ0v) is 10.5. The molecule has 0 aliphatic carbocycles. The van der Waals surface area contributed by atoms with Gasteiger partial charge in [0, 0.05) is 11.6 Å². The molecular formula is C15H11FN2O2. The molecule has 0 unspecified atom stereocenters.